The van der Waals surface area contributed by atoms with E-state index in [1.807, 2.05) is 12.3 Å². The lowest BCUT2D eigenvalue weighted by molar-refractivity contribution is -0.0426. The number of pyridine rings is 1. The largest absolute Gasteiger partial charge is 0.384 e. The van der Waals surface area contributed by atoms with Crippen LogP contribution in [0.1, 0.15) is 37.4 Å². The second-order valence-electron chi connectivity index (χ2n) is 3.79. The van der Waals surface area contributed by atoms with Crippen molar-refractivity contribution >= 4 is 0 Å². The maximum atomic E-state index is 9.98. The summed E-state index contributed by atoms with van der Waals surface area (Å²) in [4.78, 5) is 4.29. The number of aliphatic hydroxyl groups is 1. The van der Waals surface area contributed by atoms with Gasteiger partial charge in [-0.3, -0.25) is 4.98 Å². The molecule has 1 aliphatic rings. The lowest BCUT2D eigenvalue weighted by Gasteiger charge is -2.35. The Balaban J connectivity index is 2.22. The fourth-order valence-electron chi connectivity index (χ4n) is 1.68. The SMILES string of the molecule is CCc1ccc(C2(O)CCC2)nc1. The van der Waals surface area contributed by atoms with Crippen LogP contribution in [0.3, 0.4) is 0 Å². The first kappa shape index (κ1) is 8.70. The molecule has 1 fully saturated rings. The Bertz CT molecular complexity index is 287. The number of rotatable bonds is 2. The zero-order chi connectivity index (χ0) is 9.31. The van der Waals surface area contributed by atoms with E-state index < -0.39 is 5.60 Å². The maximum Gasteiger partial charge on any atom is 0.106 e. The molecule has 0 radical (unpaired) electrons. The van der Waals surface area contributed by atoms with Gasteiger partial charge < -0.3 is 5.11 Å². The highest BCUT2D eigenvalue weighted by molar-refractivity contribution is 5.20. The lowest BCUT2D eigenvalue weighted by atomic mass is 9.77. The number of aromatic nitrogens is 1. The molecule has 1 saturated carbocycles. The van der Waals surface area contributed by atoms with Crippen molar-refractivity contribution in [3.05, 3.63) is 29.6 Å². The summed E-state index contributed by atoms with van der Waals surface area (Å²) in [5.41, 5.74) is 1.47. The first-order valence-electron chi connectivity index (χ1n) is 4.92. The van der Waals surface area contributed by atoms with Crippen molar-refractivity contribution in [2.24, 2.45) is 0 Å². The van der Waals surface area contributed by atoms with Crippen molar-refractivity contribution in [1.82, 2.24) is 4.98 Å². The molecule has 2 nitrogen and oxygen atoms in total. The van der Waals surface area contributed by atoms with Gasteiger partial charge >= 0.3 is 0 Å². The summed E-state index contributed by atoms with van der Waals surface area (Å²) in [5.74, 6) is 0. The van der Waals surface area contributed by atoms with E-state index >= 15 is 0 Å². The second kappa shape index (κ2) is 3.11. The van der Waals surface area contributed by atoms with Gasteiger partial charge in [-0.05, 0) is 37.3 Å². The first-order valence-corrected chi connectivity index (χ1v) is 4.92. The number of hydrogen-bond donors (Lipinski definition) is 1. The van der Waals surface area contributed by atoms with Gasteiger partial charge in [0.15, 0.2) is 0 Å². The highest BCUT2D eigenvalue weighted by Gasteiger charge is 2.37. The quantitative estimate of drug-likeness (QED) is 0.749. The Morgan fingerprint density at radius 3 is 2.62 bits per heavy atom. The standard InChI is InChI=1S/C11H15NO/c1-2-9-4-5-10(12-8-9)11(13)6-3-7-11/h4-5,8,13H,2-3,6-7H2,1H3. The summed E-state index contributed by atoms with van der Waals surface area (Å²) in [5, 5.41) is 9.98. The molecule has 0 atom stereocenters. The average molecular weight is 177 g/mol. The van der Waals surface area contributed by atoms with Gasteiger partial charge in [-0.25, -0.2) is 0 Å². The topological polar surface area (TPSA) is 33.1 Å². The van der Waals surface area contributed by atoms with Crippen LogP contribution in [-0.2, 0) is 12.0 Å². The van der Waals surface area contributed by atoms with E-state index in [1.54, 1.807) is 0 Å². The van der Waals surface area contributed by atoms with Gasteiger partial charge in [-0.1, -0.05) is 13.0 Å². The maximum absolute atomic E-state index is 9.98. The monoisotopic (exact) mass is 177 g/mol. The minimum atomic E-state index is -0.605. The van der Waals surface area contributed by atoms with Crippen LogP contribution in [0.4, 0.5) is 0 Å². The molecule has 1 heterocycles. The van der Waals surface area contributed by atoms with Crippen LogP contribution in [0.15, 0.2) is 18.3 Å². The predicted octanol–water partition coefficient (Wildman–Crippen LogP) is 2.02. The summed E-state index contributed by atoms with van der Waals surface area (Å²) in [7, 11) is 0. The predicted molar refractivity (Wildman–Crippen MR) is 51.4 cm³/mol. The molecule has 2 rings (SSSR count). The van der Waals surface area contributed by atoms with Crippen LogP contribution in [0, 0.1) is 0 Å². The van der Waals surface area contributed by atoms with Gasteiger partial charge in [0.25, 0.3) is 0 Å². The van der Waals surface area contributed by atoms with Gasteiger partial charge in [0.05, 0.1) is 5.69 Å². The van der Waals surface area contributed by atoms with Gasteiger partial charge in [0, 0.05) is 6.20 Å². The van der Waals surface area contributed by atoms with E-state index in [1.165, 1.54) is 5.56 Å². The molecule has 0 unspecified atom stereocenters. The van der Waals surface area contributed by atoms with Crippen LogP contribution in [0.5, 0.6) is 0 Å². The van der Waals surface area contributed by atoms with Gasteiger partial charge in [-0.2, -0.15) is 0 Å². The molecular weight excluding hydrogens is 162 g/mol. The van der Waals surface area contributed by atoms with Crippen molar-refractivity contribution in [2.45, 2.75) is 38.2 Å². The molecule has 0 bridgehead atoms. The van der Waals surface area contributed by atoms with E-state index in [-0.39, 0.29) is 0 Å². The summed E-state index contributed by atoms with van der Waals surface area (Å²) < 4.78 is 0. The Hall–Kier alpha value is -0.890. The van der Waals surface area contributed by atoms with Crippen LogP contribution in [0.25, 0.3) is 0 Å². The smallest absolute Gasteiger partial charge is 0.106 e. The molecule has 0 aliphatic heterocycles. The zero-order valence-electron chi connectivity index (χ0n) is 7.95. The van der Waals surface area contributed by atoms with Crippen molar-refractivity contribution < 1.29 is 5.11 Å². The summed E-state index contributed by atoms with van der Waals surface area (Å²) in [6.07, 6.45) is 5.72. The highest BCUT2D eigenvalue weighted by Crippen LogP contribution is 2.39. The lowest BCUT2D eigenvalue weighted by Crippen LogP contribution is -2.34. The van der Waals surface area contributed by atoms with Crippen LogP contribution < -0.4 is 0 Å². The van der Waals surface area contributed by atoms with E-state index in [0.29, 0.717) is 0 Å². The molecule has 0 spiro atoms. The third kappa shape index (κ3) is 1.46. The molecule has 2 heteroatoms. The summed E-state index contributed by atoms with van der Waals surface area (Å²) >= 11 is 0. The molecule has 0 aromatic carbocycles. The fraction of sp³-hybridized carbons (Fsp3) is 0.545. The Kier molecular flexibility index (Phi) is 2.08. The minimum Gasteiger partial charge on any atom is -0.384 e. The summed E-state index contributed by atoms with van der Waals surface area (Å²) in [6, 6.07) is 4.01. The normalized spacial score (nSPS) is 19.5. The molecular formula is C11H15NO. The molecule has 1 N–H and O–H groups in total. The van der Waals surface area contributed by atoms with E-state index in [4.69, 9.17) is 0 Å². The molecule has 0 saturated heterocycles. The zero-order valence-corrected chi connectivity index (χ0v) is 7.95. The second-order valence-corrected chi connectivity index (χ2v) is 3.79. The Morgan fingerprint density at radius 1 is 1.46 bits per heavy atom. The van der Waals surface area contributed by atoms with Gasteiger partial charge in [-0.15, -0.1) is 0 Å². The number of aryl methyl sites for hydroxylation is 1. The van der Waals surface area contributed by atoms with Crippen molar-refractivity contribution in [3.63, 3.8) is 0 Å². The van der Waals surface area contributed by atoms with Crippen LogP contribution >= 0.6 is 0 Å². The highest BCUT2D eigenvalue weighted by atomic mass is 16.3. The Labute approximate surface area is 78.6 Å². The minimum absolute atomic E-state index is 0.605. The first-order chi connectivity index (χ1) is 6.24. The fourth-order valence-corrected chi connectivity index (χ4v) is 1.68. The molecule has 70 valence electrons. The van der Waals surface area contributed by atoms with E-state index in [0.717, 1.165) is 31.4 Å². The third-order valence-electron chi connectivity index (χ3n) is 2.89. The van der Waals surface area contributed by atoms with Crippen molar-refractivity contribution in [1.29, 1.82) is 0 Å². The molecule has 13 heavy (non-hydrogen) atoms. The van der Waals surface area contributed by atoms with Crippen LogP contribution in [0.2, 0.25) is 0 Å². The molecule has 1 aliphatic carbocycles. The molecule has 0 amide bonds. The van der Waals surface area contributed by atoms with E-state index in [2.05, 4.69) is 18.0 Å². The summed E-state index contributed by atoms with van der Waals surface area (Å²) in [6.45, 7) is 2.11. The number of nitrogens with zero attached hydrogens (tertiary/aromatic N) is 1. The Morgan fingerprint density at radius 2 is 2.23 bits per heavy atom. The van der Waals surface area contributed by atoms with E-state index in [9.17, 15) is 5.11 Å². The molecule has 1 aromatic heterocycles. The van der Waals surface area contributed by atoms with Crippen molar-refractivity contribution in [2.75, 3.05) is 0 Å². The van der Waals surface area contributed by atoms with Crippen LogP contribution in [-0.4, -0.2) is 10.1 Å². The molecule has 1 aromatic rings. The van der Waals surface area contributed by atoms with Crippen molar-refractivity contribution in [3.8, 4) is 0 Å². The third-order valence-corrected chi connectivity index (χ3v) is 2.89. The number of hydrogen-bond acceptors (Lipinski definition) is 2. The van der Waals surface area contributed by atoms with Gasteiger partial charge in [0.2, 0.25) is 0 Å². The average Bonchev–Trinajstić information content (AvgIpc) is 2.14. The van der Waals surface area contributed by atoms with Gasteiger partial charge in [0.1, 0.15) is 5.60 Å².